The van der Waals surface area contributed by atoms with Crippen LogP contribution in [0.4, 0.5) is 5.13 Å². The van der Waals surface area contributed by atoms with E-state index in [0.29, 0.717) is 10.2 Å². The van der Waals surface area contributed by atoms with Crippen LogP contribution in [0.1, 0.15) is 11.8 Å². The van der Waals surface area contributed by atoms with Crippen LogP contribution in [0.5, 0.6) is 0 Å². The Labute approximate surface area is 150 Å². The van der Waals surface area contributed by atoms with Crippen molar-refractivity contribution in [2.75, 3.05) is 4.72 Å². The molecule has 0 aliphatic heterocycles. The summed E-state index contributed by atoms with van der Waals surface area (Å²) in [5, 5.41) is 0.850. The lowest BCUT2D eigenvalue weighted by Gasteiger charge is -2.04. The first-order valence-corrected chi connectivity index (χ1v) is 10.0. The molecule has 1 heterocycles. The molecule has 0 spiro atoms. The molecule has 0 bridgehead atoms. The lowest BCUT2D eigenvalue weighted by Crippen LogP contribution is -2.12. The van der Waals surface area contributed by atoms with E-state index in [1.807, 2.05) is 37.3 Å². The molecular formula is C17H15ClN2O2S2. The van der Waals surface area contributed by atoms with Gasteiger partial charge in [0, 0.05) is 15.5 Å². The summed E-state index contributed by atoms with van der Waals surface area (Å²) in [5.41, 5.74) is 1.79. The van der Waals surface area contributed by atoms with Crippen LogP contribution in [0.3, 0.4) is 0 Å². The van der Waals surface area contributed by atoms with E-state index in [2.05, 4.69) is 9.71 Å². The van der Waals surface area contributed by atoms with E-state index in [4.69, 9.17) is 11.6 Å². The predicted octanol–water partition coefficient (Wildman–Crippen LogP) is 4.83. The Balaban J connectivity index is 1.93. The highest BCUT2D eigenvalue weighted by atomic mass is 35.5. The summed E-state index contributed by atoms with van der Waals surface area (Å²) >= 11 is 7.16. The predicted molar refractivity (Wildman–Crippen MR) is 99.2 cm³/mol. The number of hydrogen-bond donors (Lipinski definition) is 1. The number of hydrogen-bond acceptors (Lipinski definition) is 4. The van der Waals surface area contributed by atoms with Crippen LogP contribution < -0.4 is 4.72 Å². The fraction of sp³-hybridized carbons (Fsp3) is 0.118. The summed E-state index contributed by atoms with van der Waals surface area (Å²) in [7, 11) is -3.68. The van der Waals surface area contributed by atoms with Gasteiger partial charge in [-0.15, -0.1) is 11.3 Å². The minimum absolute atomic E-state index is 0.154. The number of aromatic nitrogens is 1. The normalized spacial score (nSPS) is 11.4. The van der Waals surface area contributed by atoms with Gasteiger partial charge in [0.1, 0.15) is 0 Å². The number of benzene rings is 2. The quantitative estimate of drug-likeness (QED) is 0.691. The molecular weight excluding hydrogens is 364 g/mol. The van der Waals surface area contributed by atoms with Gasteiger partial charge in [-0.3, -0.25) is 4.72 Å². The van der Waals surface area contributed by atoms with Crippen LogP contribution in [-0.4, -0.2) is 13.4 Å². The molecule has 0 saturated carbocycles. The zero-order valence-electron chi connectivity index (χ0n) is 12.9. The van der Waals surface area contributed by atoms with Gasteiger partial charge in [-0.25, -0.2) is 13.4 Å². The van der Waals surface area contributed by atoms with Crippen LogP contribution in [0.25, 0.3) is 11.3 Å². The highest BCUT2D eigenvalue weighted by Gasteiger charge is 2.18. The van der Waals surface area contributed by atoms with E-state index < -0.39 is 10.0 Å². The average Bonchev–Trinajstić information content (AvgIpc) is 2.98. The third-order valence-electron chi connectivity index (χ3n) is 3.41. The number of nitrogens with zero attached hydrogens (tertiary/aromatic N) is 1. The monoisotopic (exact) mass is 378 g/mol. The molecule has 24 heavy (non-hydrogen) atoms. The fourth-order valence-corrected chi connectivity index (χ4v) is 4.53. The first-order valence-electron chi connectivity index (χ1n) is 7.33. The number of nitrogens with one attached hydrogen (secondary N) is 1. The van der Waals surface area contributed by atoms with Crippen LogP contribution in [0.2, 0.25) is 5.02 Å². The summed E-state index contributed by atoms with van der Waals surface area (Å²) in [4.78, 5) is 5.67. The summed E-state index contributed by atoms with van der Waals surface area (Å²) in [6.45, 7) is 2.03. The van der Waals surface area contributed by atoms with Gasteiger partial charge in [0.15, 0.2) is 5.13 Å². The number of sulfonamides is 1. The highest BCUT2D eigenvalue weighted by molar-refractivity contribution is 7.93. The van der Waals surface area contributed by atoms with Gasteiger partial charge in [-0.2, -0.15) is 0 Å². The Bertz CT molecular complexity index is 936. The third kappa shape index (κ3) is 3.61. The van der Waals surface area contributed by atoms with Gasteiger partial charge in [-0.1, -0.05) is 48.9 Å². The fourth-order valence-electron chi connectivity index (χ4n) is 2.24. The molecule has 0 atom stereocenters. The van der Waals surface area contributed by atoms with Crippen LogP contribution in [0.15, 0.2) is 59.5 Å². The Hall–Kier alpha value is -1.89. The van der Waals surface area contributed by atoms with Crippen molar-refractivity contribution in [1.29, 1.82) is 0 Å². The first kappa shape index (κ1) is 17.0. The van der Waals surface area contributed by atoms with Crippen molar-refractivity contribution in [2.24, 2.45) is 0 Å². The second-order valence-electron chi connectivity index (χ2n) is 5.07. The van der Waals surface area contributed by atoms with Crippen molar-refractivity contribution in [2.45, 2.75) is 18.2 Å². The standard InChI is InChI=1S/C17H15ClN2O2S2/c1-2-15-16(12-6-4-3-5-7-12)19-17(23-15)20-24(21,22)14-10-8-13(18)9-11-14/h3-11H,2H2,1H3,(H,19,20). The van der Waals surface area contributed by atoms with Gasteiger partial charge in [0.2, 0.25) is 0 Å². The van der Waals surface area contributed by atoms with Crippen molar-refractivity contribution in [1.82, 2.24) is 4.98 Å². The van der Waals surface area contributed by atoms with Crippen LogP contribution in [0, 0.1) is 0 Å². The van der Waals surface area contributed by atoms with E-state index in [-0.39, 0.29) is 4.90 Å². The van der Waals surface area contributed by atoms with Gasteiger partial charge >= 0.3 is 0 Å². The van der Waals surface area contributed by atoms with E-state index >= 15 is 0 Å². The SMILES string of the molecule is CCc1sc(NS(=O)(=O)c2ccc(Cl)cc2)nc1-c1ccccc1. The second kappa shape index (κ2) is 6.93. The lowest BCUT2D eigenvalue weighted by atomic mass is 10.1. The maximum Gasteiger partial charge on any atom is 0.263 e. The minimum Gasteiger partial charge on any atom is -0.255 e. The summed E-state index contributed by atoms with van der Waals surface area (Å²) in [5.74, 6) is 0. The molecule has 4 nitrogen and oxygen atoms in total. The molecule has 3 aromatic rings. The van der Waals surface area contributed by atoms with Crippen LogP contribution >= 0.6 is 22.9 Å². The molecule has 1 N–H and O–H groups in total. The molecule has 0 aliphatic carbocycles. The van der Waals surface area contributed by atoms with Crippen molar-refractivity contribution in [3.8, 4) is 11.3 Å². The average molecular weight is 379 g/mol. The zero-order chi connectivity index (χ0) is 17.2. The van der Waals surface area contributed by atoms with Crippen molar-refractivity contribution in [3.63, 3.8) is 0 Å². The number of aryl methyl sites for hydroxylation is 1. The summed E-state index contributed by atoms with van der Waals surface area (Å²) in [6.07, 6.45) is 0.782. The van der Waals surface area contributed by atoms with Gasteiger partial charge in [0.25, 0.3) is 10.0 Å². The Morgan fingerprint density at radius 2 is 1.75 bits per heavy atom. The van der Waals surface area contributed by atoms with Crippen molar-refractivity contribution in [3.05, 3.63) is 64.5 Å². The molecule has 0 unspecified atom stereocenters. The number of thiazole rings is 1. The Morgan fingerprint density at radius 3 is 2.38 bits per heavy atom. The molecule has 7 heteroatoms. The van der Waals surface area contributed by atoms with Crippen molar-refractivity contribution >= 4 is 38.1 Å². The molecule has 124 valence electrons. The van der Waals surface area contributed by atoms with E-state index in [0.717, 1.165) is 22.6 Å². The second-order valence-corrected chi connectivity index (χ2v) is 8.27. The van der Waals surface area contributed by atoms with Gasteiger partial charge in [-0.05, 0) is 30.7 Å². The minimum atomic E-state index is -3.68. The molecule has 0 amide bonds. The van der Waals surface area contributed by atoms with Gasteiger partial charge < -0.3 is 0 Å². The third-order valence-corrected chi connectivity index (χ3v) is 6.26. The van der Waals surface area contributed by atoms with E-state index in [9.17, 15) is 8.42 Å². The maximum atomic E-state index is 12.5. The summed E-state index contributed by atoms with van der Waals surface area (Å²) in [6, 6.07) is 15.8. The lowest BCUT2D eigenvalue weighted by molar-refractivity contribution is 0.601. The number of rotatable bonds is 5. The zero-order valence-corrected chi connectivity index (χ0v) is 15.3. The summed E-state index contributed by atoms with van der Waals surface area (Å²) < 4.78 is 27.5. The Morgan fingerprint density at radius 1 is 1.08 bits per heavy atom. The van der Waals surface area contributed by atoms with Crippen LogP contribution in [-0.2, 0) is 16.4 Å². The first-order chi connectivity index (χ1) is 11.5. The Kier molecular flexibility index (Phi) is 4.89. The molecule has 3 rings (SSSR count). The van der Waals surface area contributed by atoms with E-state index in [1.165, 1.54) is 23.5 Å². The molecule has 0 fully saturated rings. The molecule has 0 radical (unpaired) electrons. The molecule has 0 aliphatic rings. The highest BCUT2D eigenvalue weighted by Crippen LogP contribution is 2.32. The van der Waals surface area contributed by atoms with Gasteiger partial charge in [0.05, 0.1) is 10.6 Å². The topological polar surface area (TPSA) is 59.1 Å². The molecule has 0 saturated heterocycles. The molecule has 2 aromatic carbocycles. The van der Waals surface area contributed by atoms with Crippen molar-refractivity contribution < 1.29 is 8.42 Å². The number of halogens is 1. The maximum absolute atomic E-state index is 12.5. The largest absolute Gasteiger partial charge is 0.263 e. The number of anilines is 1. The molecule has 1 aromatic heterocycles. The van der Waals surface area contributed by atoms with E-state index in [1.54, 1.807) is 12.1 Å². The smallest absolute Gasteiger partial charge is 0.255 e.